The first kappa shape index (κ1) is 19.4. The number of anilines is 1. The number of hydrogen-bond donors (Lipinski definition) is 1. The second-order valence-electron chi connectivity index (χ2n) is 6.62. The molecule has 0 radical (unpaired) electrons. The van der Waals surface area contributed by atoms with Gasteiger partial charge < -0.3 is 18.8 Å². The lowest BCUT2D eigenvalue weighted by Gasteiger charge is -2.26. The smallest absolute Gasteiger partial charge is 0.246 e. The van der Waals surface area contributed by atoms with Gasteiger partial charge in [-0.25, -0.2) is 10.4 Å². The van der Waals surface area contributed by atoms with Gasteiger partial charge in [-0.05, 0) is 19.1 Å². The molecule has 0 bridgehead atoms. The number of ether oxygens (including phenoxy) is 2. The van der Waals surface area contributed by atoms with Crippen LogP contribution in [0.25, 0.3) is 11.0 Å². The molecule has 3 heterocycles. The zero-order valence-corrected chi connectivity index (χ0v) is 17.1. The molecule has 152 valence electrons. The van der Waals surface area contributed by atoms with Crippen molar-refractivity contribution in [3.8, 4) is 5.75 Å². The summed E-state index contributed by atoms with van der Waals surface area (Å²) in [6.45, 7) is 4.84. The lowest BCUT2D eigenvalue weighted by molar-refractivity contribution is -0.120. The molecule has 1 aliphatic rings. The summed E-state index contributed by atoms with van der Waals surface area (Å²) in [5.74, 6) is 1.01. The highest BCUT2D eigenvalue weighted by molar-refractivity contribution is 7.13. The molecule has 1 amide bonds. The molecule has 3 aromatic rings. The number of aromatic nitrogens is 1. The van der Waals surface area contributed by atoms with Crippen molar-refractivity contribution in [2.75, 3.05) is 38.3 Å². The third-order valence-corrected chi connectivity index (χ3v) is 5.55. The summed E-state index contributed by atoms with van der Waals surface area (Å²) in [7, 11) is 1.60. The van der Waals surface area contributed by atoms with Crippen LogP contribution >= 0.6 is 11.3 Å². The number of para-hydroxylation sites is 1. The zero-order chi connectivity index (χ0) is 20.2. The molecule has 9 heteroatoms. The molecule has 1 aliphatic heterocycles. The zero-order valence-electron chi connectivity index (χ0n) is 16.3. The Morgan fingerprint density at radius 2 is 2.21 bits per heavy atom. The minimum Gasteiger partial charge on any atom is -0.493 e. The Kier molecular flexibility index (Phi) is 5.77. The van der Waals surface area contributed by atoms with Crippen LogP contribution in [0.2, 0.25) is 0 Å². The molecule has 0 spiro atoms. The summed E-state index contributed by atoms with van der Waals surface area (Å²) in [6.07, 6.45) is 0.172. The Labute approximate surface area is 172 Å². The fraction of sp³-hybridized carbons (Fsp3) is 0.350. The van der Waals surface area contributed by atoms with Crippen LogP contribution in [-0.2, 0) is 16.0 Å². The summed E-state index contributed by atoms with van der Waals surface area (Å²) >= 11 is 1.54. The molecular weight excluding hydrogens is 392 g/mol. The van der Waals surface area contributed by atoms with Crippen LogP contribution in [0, 0.1) is 0 Å². The van der Waals surface area contributed by atoms with Gasteiger partial charge in [-0.3, -0.25) is 4.79 Å². The highest BCUT2D eigenvalue weighted by Gasteiger charge is 2.16. The number of carbonyl (C=O) groups excluding carboxylic acids is 1. The van der Waals surface area contributed by atoms with Crippen molar-refractivity contribution in [1.29, 1.82) is 0 Å². The number of nitrogens with zero attached hydrogens (tertiary/aromatic N) is 3. The molecule has 8 nitrogen and oxygen atoms in total. The topological polar surface area (TPSA) is 89.2 Å². The van der Waals surface area contributed by atoms with Gasteiger partial charge in [0.15, 0.2) is 22.2 Å². The third kappa shape index (κ3) is 4.41. The minimum absolute atomic E-state index is 0.172. The third-order valence-electron chi connectivity index (χ3n) is 4.60. The number of carbonyl (C=O) groups is 1. The molecule has 1 N–H and O–H groups in total. The van der Waals surface area contributed by atoms with E-state index in [0.29, 0.717) is 36.0 Å². The largest absolute Gasteiger partial charge is 0.493 e. The summed E-state index contributed by atoms with van der Waals surface area (Å²) in [5, 5.41) is 7.92. The van der Waals surface area contributed by atoms with E-state index < -0.39 is 0 Å². The van der Waals surface area contributed by atoms with E-state index in [1.54, 1.807) is 25.4 Å². The molecule has 0 unspecified atom stereocenters. The van der Waals surface area contributed by atoms with E-state index in [1.807, 2.05) is 29.6 Å². The van der Waals surface area contributed by atoms with Crippen molar-refractivity contribution in [1.82, 2.24) is 10.4 Å². The molecule has 1 aromatic carbocycles. The monoisotopic (exact) mass is 414 g/mol. The Morgan fingerprint density at radius 3 is 3.00 bits per heavy atom. The van der Waals surface area contributed by atoms with Gasteiger partial charge in [-0.1, -0.05) is 12.1 Å². The standard InChI is InChI=1S/C20H22N4O4S/c1-13(17-10-14-4-3-5-16(26-2)19(14)28-17)22-23-18(25)11-15-12-29-20(21-15)24-6-8-27-9-7-24/h3-5,10,12H,6-9,11H2,1-2H3,(H,23,25)/b22-13-. The van der Waals surface area contributed by atoms with Crippen LogP contribution in [0.15, 0.2) is 39.2 Å². The van der Waals surface area contributed by atoms with Crippen LogP contribution in [0.3, 0.4) is 0 Å². The van der Waals surface area contributed by atoms with Crippen molar-refractivity contribution in [2.45, 2.75) is 13.3 Å². The van der Waals surface area contributed by atoms with E-state index in [1.165, 1.54) is 0 Å². The molecule has 1 saturated heterocycles. The average Bonchev–Trinajstić information content (AvgIpc) is 3.39. The number of benzene rings is 1. The summed E-state index contributed by atoms with van der Waals surface area (Å²) in [4.78, 5) is 19.0. The maximum Gasteiger partial charge on any atom is 0.246 e. The predicted molar refractivity (Wildman–Crippen MR) is 112 cm³/mol. The lowest BCUT2D eigenvalue weighted by atomic mass is 10.2. The highest BCUT2D eigenvalue weighted by atomic mass is 32.1. The van der Waals surface area contributed by atoms with Crippen molar-refractivity contribution < 1.29 is 18.7 Å². The first-order valence-corrected chi connectivity index (χ1v) is 10.2. The van der Waals surface area contributed by atoms with E-state index in [-0.39, 0.29) is 12.3 Å². The van der Waals surface area contributed by atoms with Gasteiger partial charge in [0, 0.05) is 23.9 Å². The molecule has 4 rings (SSSR count). The van der Waals surface area contributed by atoms with Crippen molar-refractivity contribution in [3.63, 3.8) is 0 Å². The first-order chi connectivity index (χ1) is 14.1. The van der Waals surface area contributed by atoms with Gasteiger partial charge in [0.25, 0.3) is 0 Å². The van der Waals surface area contributed by atoms with E-state index in [9.17, 15) is 4.79 Å². The van der Waals surface area contributed by atoms with Gasteiger partial charge in [-0.15, -0.1) is 11.3 Å². The van der Waals surface area contributed by atoms with Gasteiger partial charge in [0.05, 0.1) is 32.4 Å². The molecule has 0 aliphatic carbocycles. The van der Waals surface area contributed by atoms with Crippen LogP contribution in [0.4, 0.5) is 5.13 Å². The molecular formula is C20H22N4O4S. The second kappa shape index (κ2) is 8.62. The number of nitrogens with one attached hydrogen (secondary N) is 1. The number of furan rings is 1. The normalized spacial score (nSPS) is 15.0. The summed E-state index contributed by atoms with van der Waals surface area (Å²) in [6, 6.07) is 7.54. The van der Waals surface area contributed by atoms with Gasteiger partial charge in [0.2, 0.25) is 5.91 Å². The van der Waals surface area contributed by atoms with Crippen LogP contribution in [0.5, 0.6) is 5.75 Å². The second-order valence-corrected chi connectivity index (χ2v) is 7.46. The fourth-order valence-electron chi connectivity index (χ4n) is 3.06. The number of methoxy groups -OCH3 is 1. The van der Waals surface area contributed by atoms with Gasteiger partial charge in [0.1, 0.15) is 5.71 Å². The van der Waals surface area contributed by atoms with Gasteiger partial charge in [-0.2, -0.15) is 5.10 Å². The van der Waals surface area contributed by atoms with Crippen molar-refractivity contribution in [3.05, 3.63) is 41.1 Å². The minimum atomic E-state index is -0.225. The summed E-state index contributed by atoms with van der Waals surface area (Å²) < 4.78 is 16.5. The van der Waals surface area contributed by atoms with Crippen LogP contribution < -0.4 is 15.1 Å². The first-order valence-electron chi connectivity index (χ1n) is 9.31. The Hall–Kier alpha value is -2.91. The number of morpholine rings is 1. The quantitative estimate of drug-likeness (QED) is 0.493. The van der Waals surface area contributed by atoms with E-state index in [4.69, 9.17) is 13.9 Å². The van der Waals surface area contributed by atoms with Crippen LogP contribution in [0.1, 0.15) is 18.4 Å². The molecule has 29 heavy (non-hydrogen) atoms. The predicted octanol–water partition coefficient (Wildman–Crippen LogP) is 2.82. The SMILES string of the molecule is COc1cccc2cc(/C(C)=N\NC(=O)Cc3csc(N4CCOCC4)n3)oc12. The molecule has 0 saturated carbocycles. The maximum absolute atomic E-state index is 12.3. The van der Waals surface area contributed by atoms with Crippen LogP contribution in [-0.4, -0.2) is 50.0 Å². The van der Waals surface area contributed by atoms with Crippen molar-refractivity contribution in [2.24, 2.45) is 5.10 Å². The molecule has 0 atom stereocenters. The molecule has 2 aromatic heterocycles. The Bertz CT molecular complexity index is 1040. The van der Waals surface area contributed by atoms with E-state index in [0.717, 1.165) is 29.3 Å². The number of amides is 1. The maximum atomic E-state index is 12.3. The average molecular weight is 414 g/mol. The number of fused-ring (bicyclic) bond motifs is 1. The summed E-state index contributed by atoms with van der Waals surface area (Å²) in [5.41, 5.74) is 4.54. The number of hydrazone groups is 1. The van der Waals surface area contributed by atoms with E-state index in [2.05, 4.69) is 20.4 Å². The highest BCUT2D eigenvalue weighted by Crippen LogP contribution is 2.28. The molecule has 1 fully saturated rings. The number of hydrogen-bond acceptors (Lipinski definition) is 8. The number of thiazole rings is 1. The lowest BCUT2D eigenvalue weighted by Crippen LogP contribution is -2.36. The van der Waals surface area contributed by atoms with Gasteiger partial charge >= 0.3 is 0 Å². The number of rotatable bonds is 6. The fourth-order valence-corrected chi connectivity index (χ4v) is 3.94. The van der Waals surface area contributed by atoms with Crippen molar-refractivity contribution >= 4 is 39.1 Å². The van der Waals surface area contributed by atoms with E-state index >= 15 is 0 Å². The Balaban J connectivity index is 1.38. The Morgan fingerprint density at radius 1 is 1.38 bits per heavy atom.